The van der Waals surface area contributed by atoms with Gasteiger partial charge >= 0.3 is 0 Å². The normalized spacial score (nSPS) is 23.9. The first-order chi connectivity index (χ1) is 9.11. The number of nitrogens with two attached hydrogens (primary N) is 1. The topological polar surface area (TPSA) is 77.0 Å². The number of nitrogen functional groups attached to an aromatic ring is 1. The minimum Gasteiger partial charge on any atom is -0.391 e. The smallest absolute Gasteiger partial charge is 0.146 e. The number of nitrogens with zero attached hydrogens (tertiary/aromatic N) is 3. The Hall–Kier alpha value is -1.62. The van der Waals surface area contributed by atoms with Crippen LogP contribution in [0, 0.1) is 13.8 Å². The van der Waals surface area contributed by atoms with Crippen LogP contribution < -0.4 is 5.73 Å². The van der Waals surface area contributed by atoms with Gasteiger partial charge in [0.05, 0.1) is 17.5 Å². The van der Waals surface area contributed by atoms with E-state index in [1.54, 1.807) is 0 Å². The van der Waals surface area contributed by atoms with E-state index in [0.29, 0.717) is 5.82 Å². The van der Waals surface area contributed by atoms with Crippen LogP contribution in [-0.4, -0.2) is 25.7 Å². The van der Waals surface area contributed by atoms with Crippen molar-refractivity contribution < 1.29 is 5.11 Å². The summed E-state index contributed by atoms with van der Waals surface area (Å²) in [5.41, 5.74) is 9.08. The van der Waals surface area contributed by atoms with Crippen LogP contribution in [0.1, 0.15) is 43.0 Å². The fourth-order valence-electron chi connectivity index (χ4n) is 3.25. The van der Waals surface area contributed by atoms with Crippen molar-refractivity contribution >= 4 is 16.9 Å². The largest absolute Gasteiger partial charge is 0.391 e. The fraction of sp³-hybridized carbons (Fsp3) is 0.571. The molecule has 1 fully saturated rings. The van der Waals surface area contributed by atoms with E-state index >= 15 is 0 Å². The molecular formula is C14H20N4O. The Morgan fingerprint density at radius 2 is 2.00 bits per heavy atom. The van der Waals surface area contributed by atoms with Crippen LogP contribution in [0.3, 0.4) is 0 Å². The van der Waals surface area contributed by atoms with E-state index in [9.17, 15) is 5.11 Å². The van der Waals surface area contributed by atoms with Crippen molar-refractivity contribution in [2.24, 2.45) is 0 Å². The molecule has 1 saturated carbocycles. The first kappa shape index (κ1) is 12.4. The monoisotopic (exact) mass is 260 g/mol. The second-order valence-corrected chi connectivity index (χ2v) is 5.46. The number of aromatic nitrogens is 3. The zero-order valence-electron chi connectivity index (χ0n) is 11.4. The van der Waals surface area contributed by atoms with Crippen LogP contribution >= 0.6 is 0 Å². The van der Waals surface area contributed by atoms with Crippen molar-refractivity contribution in [1.82, 2.24) is 14.5 Å². The van der Waals surface area contributed by atoms with Crippen molar-refractivity contribution in [2.45, 2.75) is 51.7 Å². The van der Waals surface area contributed by atoms with E-state index in [1.165, 1.54) is 6.33 Å². The van der Waals surface area contributed by atoms with Gasteiger partial charge in [-0.3, -0.25) is 0 Å². The van der Waals surface area contributed by atoms with E-state index in [2.05, 4.69) is 21.5 Å². The molecule has 0 aliphatic heterocycles. The molecule has 0 saturated heterocycles. The summed E-state index contributed by atoms with van der Waals surface area (Å²) in [5.74, 6) is 0.523. The van der Waals surface area contributed by atoms with Crippen LogP contribution in [0.2, 0.25) is 0 Å². The molecule has 1 aliphatic rings. The Labute approximate surface area is 112 Å². The molecule has 5 nitrogen and oxygen atoms in total. The lowest BCUT2D eigenvalue weighted by molar-refractivity contribution is 0.0764. The summed E-state index contributed by atoms with van der Waals surface area (Å²) in [6.45, 7) is 4.11. The van der Waals surface area contributed by atoms with Gasteiger partial charge in [0.25, 0.3) is 0 Å². The highest BCUT2D eigenvalue weighted by Gasteiger charge is 2.28. The van der Waals surface area contributed by atoms with Crippen LogP contribution in [-0.2, 0) is 0 Å². The highest BCUT2D eigenvalue weighted by molar-refractivity contribution is 5.90. The maximum Gasteiger partial charge on any atom is 0.146 e. The van der Waals surface area contributed by atoms with E-state index in [0.717, 1.165) is 48.0 Å². The SMILES string of the molecule is Cc1c(C)n(C2CCCCC2O)c2ncnc(N)c12. The maximum absolute atomic E-state index is 10.3. The summed E-state index contributed by atoms with van der Waals surface area (Å²) >= 11 is 0. The molecule has 2 aromatic heterocycles. The van der Waals surface area contributed by atoms with Gasteiger partial charge in [-0.2, -0.15) is 0 Å². The second-order valence-electron chi connectivity index (χ2n) is 5.46. The van der Waals surface area contributed by atoms with Crippen molar-refractivity contribution in [3.8, 4) is 0 Å². The predicted octanol–water partition coefficient (Wildman–Crippen LogP) is 2.11. The van der Waals surface area contributed by atoms with Crippen molar-refractivity contribution in [3.63, 3.8) is 0 Å². The summed E-state index contributed by atoms with van der Waals surface area (Å²) in [6.07, 6.45) is 5.33. The number of rotatable bonds is 1. The quantitative estimate of drug-likeness (QED) is 0.823. The summed E-state index contributed by atoms with van der Waals surface area (Å²) in [4.78, 5) is 8.47. The Bertz CT molecular complexity index is 619. The van der Waals surface area contributed by atoms with Gasteiger partial charge in [0.15, 0.2) is 0 Å². The van der Waals surface area contributed by atoms with Crippen molar-refractivity contribution in [2.75, 3.05) is 5.73 Å². The number of fused-ring (bicyclic) bond motifs is 1. The first-order valence-corrected chi connectivity index (χ1v) is 6.87. The average molecular weight is 260 g/mol. The second kappa shape index (κ2) is 4.49. The van der Waals surface area contributed by atoms with Gasteiger partial charge in [-0.1, -0.05) is 12.8 Å². The average Bonchev–Trinajstić information content (AvgIpc) is 2.64. The Balaban J connectivity index is 2.23. The number of anilines is 1. The van der Waals surface area contributed by atoms with E-state index < -0.39 is 0 Å². The van der Waals surface area contributed by atoms with E-state index in [1.807, 2.05) is 6.92 Å². The molecular weight excluding hydrogens is 240 g/mol. The molecule has 3 N–H and O–H groups in total. The number of aliphatic hydroxyl groups excluding tert-OH is 1. The van der Waals surface area contributed by atoms with Gasteiger partial charge in [-0.25, -0.2) is 9.97 Å². The Morgan fingerprint density at radius 1 is 1.26 bits per heavy atom. The van der Waals surface area contributed by atoms with Crippen LogP contribution in [0.4, 0.5) is 5.82 Å². The molecule has 2 aromatic rings. The molecule has 2 atom stereocenters. The minimum atomic E-state index is -0.293. The molecule has 0 aromatic carbocycles. The van der Waals surface area contributed by atoms with Gasteiger partial charge < -0.3 is 15.4 Å². The van der Waals surface area contributed by atoms with E-state index in [4.69, 9.17) is 5.73 Å². The molecule has 102 valence electrons. The molecule has 19 heavy (non-hydrogen) atoms. The molecule has 2 heterocycles. The molecule has 0 spiro atoms. The Morgan fingerprint density at radius 3 is 2.74 bits per heavy atom. The number of hydrogen-bond donors (Lipinski definition) is 2. The maximum atomic E-state index is 10.3. The lowest BCUT2D eigenvalue weighted by atomic mass is 9.92. The third-order valence-corrected chi connectivity index (χ3v) is 4.39. The third kappa shape index (κ3) is 1.80. The summed E-state index contributed by atoms with van der Waals surface area (Å²) in [6, 6.07) is 0.110. The first-order valence-electron chi connectivity index (χ1n) is 6.87. The van der Waals surface area contributed by atoms with Gasteiger partial charge in [0.2, 0.25) is 0 Å². The highest BCUT2D eigenvalue weighted by Crippen LogP contribution is 2.36. The summed E-state index contributed by atoms with van der Waals surface area (Å²) < 4.78 is 2.16. The zero-order chi connectivity index (χ0) is 13.6. The molecule has 0 amide bonds. The molecule has 0 bridgehead atoms. The predicted molar refractivity (Wildman–Crippen MR) is 74.9 cm³/mol. The zero-order valence-corrected chi connectivity index (χ0v) is 11.4. The number of aryl methyl sites for hydroxylation is 1. The van der Waals surface area contributed by atoms with Crippen molar-refractivity contribution in [3.05, 3.63) is 17.6 Å². The van der Waals surface area contributed by atoms with Crippen LogP contribution in [0.25, 0.3) is 11.0 Å². The molecule has 5 heteroatoms. The van der Waals surface area contributed by atoms with Crippen LogP contribution in [0.5, 0.6) is 0 Å². The molecule has 0 radical (unpaired) electrons. The van der Waals surface area contributed by atoms with Crippen LogP contribution in [0.15, 0.2) is 6.33 Å². The fourth-order valence-corrected chi connectivity index (χ4v) is 3.25. The van der Waals surface area contributed by atoms with Gasteiger partial charge in [-0.15, -0.1) is 0 Å². The van der Waals surface area contributed by atoms with Gasteiger partial charge in [0.1, 0.15) is 17.8 Å². The molecule has 2 unspecified atom stereocenters. The Kier molecular flexibility index (Phi) is 2.93. The van der Waals surface area contributed by atoms with Crippen molar-refractivity contribution in [1.29, 1.82) is 0 Å². The third-order valence-electron chi connectivity index (χ3n) is 4.39. The molecule has 1 aliphatic carbocycles. The summed E-state index contributed by atoms with van der Waals surface area (Å²) in [7, 11) is 0. The summed E-state index contributed by atoms with van der Waals surface area (Å²) in [5, 5.41) is 11.2. The minimum absolute atomic E-state index is 0.110. The van der Waals surface area contributed by atoms with Gasteiger partial charge in [0, 0.05) is 5.69 Å². The number of hydrogen-bond acceptors (Lipinski definition) is 4. The lowest BCUT2D eigenvalue weighted by Gasteiger charge is -2.30. The standard InChI is InChI=1S/C14H20N4O/c1-8-9(2)18(10-5-3-4-6-11(10)19)14-12(8)13(15)16-7-17-14/h7,10-11,19H,3-6H2,1-2H3,(H2,15,16,17). The van der Waals surface area contributed by atoms with Gasteiger partial charge in [-0.05, 0) is 32.3 Å². The molecule has 3 rings (SSSR count). The lowest BCUT2D eigenvalue weighted by Crippen LogP contribution is -2.28. The van der Waals surface area contributed by atoms with E-state index in [-0.39, 0.29) is 12.1 Å². The highest BCUT2D eigenvalue weighted by atomic mass is 16.3. The number of aliphatic hydroxyl groups is 1.